The average molecular weight is 375 g/mol. The number of hydrogen-bond donors (Lipinski definition) is 1. The Bertz CT molecular complexity index is 546. The fraction of sp³-hybridized carbons (Fsp3) is 0.571. The number of anilines is 1. The molecule has 8 heteroatoms. The lowest BCUT2D eigenvalue weighted by atomic mass is 10.1. The zero-order chi connectivity index (χ0) is 15.7. The van der Waals surface area contributed by atoms with Crippen LogP contribution in [0.1, 0.15) is 6.42 Å². The lowest BCUT2D eigenvalue weighted by molar-refractivity contribution is -0.134. The monoisotopic (exact) mass is 374 g/mol. The van der Waals surface area contributed by atoms with Crippen molar-refractivity contribution in [2.75, 3.05) is 37.6 Å². The number of nitrogens with zero attached hydrogens (tertiary/aromatic N) is 3. The summed E-state index contributed by atoms with van der Waals surface area (Å²) >= 11 is 3.34. The van der Waals surface area contributed by atoms with E-state index in [9.17, 15) is 13.6 Å². The number of carbonyl (C=O) groups excluding carboxylic acids is 1. The molecule has 2 aliphatic rings. The first-order valence-electron chi connectivity index (χ1n) is 7.21. The molecule has 3 rings (SSSR count). The number of nitrogens with one attached hydrogen (secondary N) is 1. The molecular weight excluding hydrogens is 358 g/mol. The number of carbonyl (C=O) groups is 1. The molecule has 0 aromatic carbocycles. The number of rotatable bonds is 2. The molecular formula is C14H17BrF2N4O. The molecule has 1 unspecified atom stereocenters. The average Bonchev–Trinajstić information content (AvgIpc) is 2.88. The Morgan fingerprint density at radius 1 is 1.32 bits per heavy atom. The van der Waals surface area contributed by atoms with Crippen molar-refractivity contribution in [2.24, 2.45) is 0 Å². The van der Waals surface area contributed by atoms with Crippen molar-refractivity contribution < 1.29 is 13.6 Å². The van der Waals surface area contributed by atoms with E-state index in [2.05, 4.69) is 31.1 Å². The van der Waals surface area contributed by atoms with Gasteiger partial charge in [-0.25, -0.2) is 13.8 Å². The number of piperazine rings is 1. The van der Waals surface area contributed by atoms with E-state index in [-0.39, 0.29) is 5.91 Å². The van der Waals surface area contributed by atoms with Gasteiger partial charge in [-0.2, -0.15) is 0 Å². The molecule has 1 amide bonds. The van der Waals surface area contributed by atoms with Crippen LogP contribution in [0.5, 0.6) is 0 Å². The topological polar surface area (TPSA) is 48.5 Å². The maximum Gasteiger partial charge on any atom is 0.262 e. The van der Waals surface area contributed by atoms with Crippen molar-refractivity contribution in [3.05, 3.63) is 22.8 Å². The lowest BCUT2D eigenvalue weighted by Crippen LogP contribution is -2.53. The summed E-state index contributed by atoms with van der Waals surface area (Å²) in [6, 6.07) is 3.08. The smallest absolute Gasteiger partial charge is 0.262 e. The zero-order valence-corrected chi connectivity index (χ0v) is 13.5. The fourth-order valence-corrected chi connectivity index (χ4v) is 3.06. The van der Waals surface area contributed by atoms with E-state index in [1.54, 1.807) is 11.1 Å². The molecule has 1 atom stereocenters. The van der Waals surface area contributed by atoms with Crippen molar-refractivity contribution in [1.82, 2.24) is 15.2 Å². The van der Waals surface area contributed by atoms with Gasteiger partial charge in [-0.05, 0) is 28.1 Å². The SMILES string of the molecule is O=C(C1CC(F)(F)CN1)N1CCN(c2ccc(Br)cn2)CC1. The highest BCUT2D eigenvalue weighted by atomic mass is 79.9. The van der Waals surface area contributed by atoms with Gasteiger partial charge in [0.25, 0.3) is 5.92 Å². The first kappa shape index (κ1) is 15.6. The molecule has 1 N–H and O–H groups in total. The van der Waals surface area contributed by atoms with Crippen LogP contribution in [0.25, 0.3) is 0 Å². The van der Waals surface area contributed by atoms with Crippen molar-refractivity contribution >= 4 is 27.7 Å². The molecule has 0 radical (unpaired) electrons. The van der Waals surface area contributed by atoms with Crippen LogP contribution in [-0.4, -0.2) is 60.5 Å². The molecule has 0 spiro atoms. The van der Waals surface area contributed by atoms with Crippen molar-refractivity contribution in [2.45, 2.75) is 18.4 Å². The minimum Gasteiger partial charge on any atom is -0.353 e. The highest BCUT2D eigenvalue weighted by Gasteiger charge is 2.43. The molecule has 2 saturated heterocycles. The van der Waals surface area contributed by atoms with Crippen LogP contribution in [0, 0.1) is 0 Å². The van der Waals surface area contributed by atoms with Crippen LogP contribution in [0.15, 0.2) is 22.8 Å². The Morgan fingerprint density at radius 2 is 2.05 bits per heavy atom. The predicted molar refractivity (Wildman–Crippen MR) is 82.1 cm³/mol. The van der Waals surface area contributed by atoms with E-state index in [1.807, 2.05) is 12.1 Å². The molecule has 2 fully saturated rings. The number of pyridine rings is 1. The maximum atomic E-state index is 13.2. The summed E-state index contributed by atoms with van der Waals surface area (Å²) in [5.41, 5.74) is 0. The molecule has 0 saturated carbocycles. The van der Waals surface area contributed by atoms with Crippen LogP contribution in [-0.2, 0) is 4.79 Å². The Labute approximate surface area is 135 Å². The number of alkyl halides is 2. The van der Waals surface area contributed by atoms with E-state index in [0.29, 0.717) is 26.2 Å². The fourth-order valence-electron chi connectivity index (χ4n) is 2.82. The Morgan fingerprint density at radius 3 is 2.59 bits per heavy atom. The second-order valence-corrected chi connectivity index (χ2v) is 6.56. The van der Waals surface area contributed by atoms with Crippen molar-refractivity contribution in [3.63, 3.8) is 0 Å². The van der Waals surface area contributed by atoms with Gasteiger partial charge in [0.15, 0.2) is 0 Å². The van der Waals surface area contributed by atoms with Gasteiger partial charge in [0.2, 0.25) is 5.91 Å². The van der Waals surface area contributed by atoms with Crippen molar-refractivity contribution in [3.8, 4) is 0 Å². The molecule has 2 aliphatic heterocycles. The van der Waals surface area contributed by atoms with E-state index >= 15 is 0 Å². The largest absolute Gasteiger partial charge is 0.353 e. The molecule has 1 aromatic heterocycles. The minimum atomic E-state index is -2.77. The van der Waals surface area contributed by atoms with Crippen LogP contribution in [0.3, 0.4) is 0 Å². The van der Waals surface area contributed by atoms with E-state index in [1.165, 1.54) is 0 Å². The summed E-state index contributed by atoms with van der Waals surface area (Å²) in [5, 5.41) is 2.62. The van der Waals surface area contributed by atoms with Gasteiger partial charge >= 0.3 is 0 Å². The normalized spacial score (nSPS) is 24.6. The molecule has 22 heavy (non-hydrogen) atoms. The van der Waals surface area contributed by atoms with Gasteiger partial charge in [0.05, 0.1) is 12.6 Å². The molecule has 5 nitrogen and oxygen atoms in total. The second-order valence-electron chi connectivity index (χ2n) is 5.64. The molecule has 0 aliphatic carbocycles. The molecule has 1 aromatic rings. The van der Waals surface area contributed by atoms with E-state index in [0.717, 1.165) is 10.3 Å². The van der Waals surface area contributed by atoms with Gasteiger partial charge in [0.1, 0.15) is 5.82 Å². The van der Waals surface area contributed by atoms with Gasteiger partial charge in [-0.1, -0.05) is 0 Å². The maximum absolute atomic E-state index is 13.2. The Kier molecular flexibility index (Phi) is 4.31. The Hall–Kier alpha value is -1.28. The summed E-state index contributed by atoms with van der Waals surface area (Å²) in [6.45, 7) is 1.96. The zero-order valence-electron chi connectivity index (χ0n) is 11.9. The van der Waals surface area contributed by atoms with Gasteiger partial charge < -0.3 is 9.80 Å². The van der Waals surface area contributed by atoms with Crippen LogP contribution < -0.4 is 10.2 Å². The van der Waals surface area contributed by atoms with Gasteiger partial charge in [-0.3, -0.25) is 10.1 Å². The standard InChI is InChI=1S/C14H17BrF2N4O/c15-10-1-2-12(18-8-10)20-3-5-21(6-4-20)13(22)11-7-14(16,17)9-19-11/h1-2,8,11,19H,3-7,9H2. The van der Waals surface area contributed by atoms with Gasteiger partial charge in [0, 0.05) is 43.3 Å². The lowest BCUT2D eigenvalue weighted by Gasteiger charge is -2.36. The van der Waals surface area contributed by atoms with E-state index < -0.39 is 24.9 Å². The Balaban J connectivity index is 1.55. The third-order valence-corrected chi connectivity index (χ3v) is 4.50. The van der Waals surface area contributed by atoms with Crippen LogP contribution in [0.2, 0.25) is 0 Å². The summed E-state index contributed by atoms with van der Waals surface area (Å²) in [4.78, 5) is 20.3. The first-order valence-corrected chi connectivity index (χ1v) is 8.00. The third-order valence-electron chi connectivity index (χ3n) is 4.04. The number of aromatic nitrogens is 1. The van der Waals surface area contributed by atoms with E-state index in [4.69, 9.17) is 0 Å². The second kappa shape index (κ2) is 6.08. The molecule has 120 valence electrons. The predicted octanol–water partition coefficient (Wildman–Crippen LogP) is 1.49. The highest BCUT2D eigenvalue weighted by Crippen LogP contribution is 2.26. The summed E-state index contributed by atoms with van der Waals surface area (Å²) in [6.07, 6.45) is 1.33. The molecule has 3 heterocycles. The summed E-state index contributed by atoms with van der Waals surface area (Å²) < 4.78 is 27.3. The third kappa shape index (κ3) is 3.38. The number of hydrogen-bond acceptors (Lipinski definition) is 4. The number of amides is 1. The molecule has 0 bridgehead atoms. The summed E-state index contributed by atoms with van der Waals surface area (Å²) in [7, 11) is 0. The minimum absolute atomic E-state index is 0.222. The first-order chi connectivity index (χ1) is 10.4. The summed E-state index contributed by atoms with van der Waals surface area (Å²) in [5.74, 6) is -2.13. The van der Waals surface area contributed by atoms with Crippen LogP contribution in [0.4, 0.5) is 14.6 Å². The van der Waals surface area contributed by atoms with Crippen LogP contribution >= 0.6 is 15.9 Å². The number of halogens is 3. The highest BCUT2D eigenvalue weighted by molar-refractivity contribution is 9.10. The van der Waals surface area contributed by atoms with Gasteiger partial charge in [-0.15, -0.1) is 0 Å². The van der Waals surface area contributed by atoms with Crippen molar-refractivity contribution in [1.29, 1.82) is 0 Å². The quantitative estimate of drug-likeness (QED) is 0.851.